The first-order valence-electron chi connectivity index (χ1n) is 5.23. The van der Waals surface area contributed by atoms with E-state index in [1.165, 1.54) is 0 Å². The standard InChI is InChI=1S/C13H19O2/c1-5-15-12-8-10(9-14)6-7-11(12)13(2,3)4/h6-9,14H,5H2,1-4H3. The molecule has 1 radical (unpaired) electrons. The van der Waals surface area contributed by atoms with Crippen LogP contribution in [0, 0.1) is 6.61 Å². The molecule has 2 nitrogen and oxygen atoms in total. The molecule has 0 aromatic heterocycles. The van der Waals surface area contributed by atoms with Crippen LogP contribution in [-0.2, 0) is 5.41 Å². The van der Waals surface area contributed by atoms with Gasteiger partial charge in [-0.25, -0.2) is 0 Å². The van der Waals surface area contributed by atoms with Crippen molar-refractivity contribution < 1.29 is 9.84 Å². The number of benzene rings is 1. The van der Waals surface area contributed by atoms with Crippen molar-refractivity contribution in [3.8, 4) is 5.75 Å². The first kappa shape index (κ1) is 12.1. The van der Waals surface area contributed by atoms with Crippen molar-refractivity contribution in [2.24, 2.45) is 0 Å². The van der Waals surface area contributed by atoms with Gasteiger partial charge in [0.25, 0.3) is 0 Å². The van der Waals surface area contributed by atoms with E-state index < -0.39 is 0 Å². The molecule has 0 unspecified atom stereocenters. The molecule has 0 aliphatic carbocycles. The van der Waals surface area contributed by atoms with Gasteiger partial charge in [0, 0.05) is 0 Å². The number of rotatable bonds is 3. The molecular formula is C13H19O2. The second kappa shape index (κ2) is 4.67. The quantitative estimate of drug-likeness (QED) is 0.824. The average Bonchev–Trinajstić information content (AvgIpc) is 2.16. The lowest BCUT2D eigenvalue weighted by atomic mass is 9.86. The van der Waals surface area contributed by atoms with Gasteiger partial charge in [0.15, 0.2) is 0 Å². The van der Waals surface area contributed by atoms with Crippen molar-refractivity contribution in [2.75, 3.05) is 6.61 Å². The van der Waals surface area contributed by atoms with Crippen molar-refractivity contribution in [3.05, 3.63) is 35.9 Å². The van der Waals surface area contributed by atoms with Gasteiger partial charge < -0.3 is 9.84 Å². The Morgan fingerprint density at radius 3 is 2.47 bits per heavy atom. The van der Waals surface area contributed by atoms with E-state index in [0.717, 1.165) is 23.5 Å². The summed E-state index contributed by atoms with van der Waals surface area (Å²) in [4.78, 5) is 0. The smallest absolute Gasteiger partial charge is 0.123 e. The molecule has 0 heterocycles. The summed E-state index contributed by atoms with van der Waals surface area (Å²) in [5.41, 5.74) is 1.99. The Bertz CT molecular complexity index is 324. The maximum atomic E-state index is 8.94. The van der Waals surface area contributed by atoms with Crippen LogP contribution in [-0.4, -0.2) is 11.7 Å². The summed E-state index contributed by atoms with van der Waals surface area (Å²) in [7, 11) is 0. The molecule has 83 valence electrons. The zero-order chi connectivity index (χ0) is 11.5. The molecular weight excluding hydrogens is 188 g/mol. The monoisotopic (exact) mass is 207 g/mol. The predicted octanol–water partition coefficient (Wildman–Crippen LogP) is 3.27. The fourth-order valence-electron chi connectivity index (χ4n) is 1.51. The Labute approximate surface area is 91.9 Å². The molecule has 1 aromatic carbocycles. The van der Waals surface area contributed by atoms with Gasteiger partial charge in [-0.1, -0.05) is 32.9 Å². The van der Waals surface area contributed by atoms with Crippen LogP contribution in [0.1, 0.15) is 38.8 Å². The highest BCUT2D eigenvalue weighted by molar-refractivity contribution is 5.43. The zero-order valence-corrected chi connectivity index (χ0v) is 9.87. The third-order valence-electron chi connectivity index (χ3n) is 2.26. The van der Waals surface area contributed by atoms with Crippen LogP contribution in [0.15, 0.2) is 18.2 Å². The maximum absolute atomic E-state index is 8.94. The van der Waals surface area contributed by atoms with E-state index in [2.05, 4.69) is 20.8 Å². The molecule has 0 bridgehead atoms. The summed E-state index contributed by atoms with van der Waals surface area (Å²) in [6.07, 6.45) is 0. The van der Waals surface area contributed by atoms with Crippen LogP contribution in [0.25, 0.3) is 0 Å². The Kier molecular flexibility index (Phi) is 3.75. The van der Waals surface area contributed by atoms with Crippen LogP contribution in [0.2, 0.25) is 0 Å². The number of hydrogen-bond donors (Lipinski definition) is 1. The highest BCUT2D eigenvalue weighted by atomic mass is 16.5. The minimum atomic E-state index is 0.0541. The minimum Gasteiger partial charge on any atom is -0.494 e. The molecule has 0 saturated heterocycles. The van der Waals surface area contributed by atoms with Gasteiger partial charge in [0.1, 0.15) is 12.4 Å². The van der Waals surface area contributed by atoms with Gasteiger partial charge >= 0.3 is 0 Å². The maximum Gasteiger partial charge on any atom is 0.123 e. The van der Waals surface area contributed by atoms with E-state index in [1.54, 1.807) is 0 Å². The summed E-state index contributed by atoms with van der Waals surface area (Å²) >= 11 is 0. The lowest BCUT2D eigenvalue weighted by Crippen LogP contribution is -2.13. The fourth-order valence-corrected chi connectivity index (χ4v) is 1.51. The van der Waals surface area contributed by atoms with Crippen LogP contribution >= 0.6 is 0 Å². The largest absolute Gasteiger partial charge is 0.494 e. The van der Waals surface area contributed by atoms with E-state index in [1.807, 2.05) is 25.1 Å². The van der Waals surface area contributed by atoms with Gasteiger partial charge in [-0.15, -0.1) is 0 Å². The number of hydrogen-bond acceptors (Lipinski definition) is 2. The van der Waals surface area contributed by atoms with Crippen LogP contribution < -0.4 is 4.74 Å². The van der Waals surface area contributed by atoms with Crippen LogP contribution in [0.3, 0.4) is 0 Å². The SMILES string of the molecule is CCOc1cc([CH]O)ccc1C(C)(C)C. The van der Waals surface area contributed by atoms with Crippen molar-refractivity contribution in [1.82, 2.24) is 0 Å². The highest BCUT2D eigenvalue weighted by Gasteiger charge is 2.18. The average molecular weight is 207 g/mol. The third-order valence-corrected chi connectivity index (χ3v) is 2.26. The second-order valence-electron chi connectivity index (χ2n) is 4.57. The summed E-state index contributed by atoms with van der Waals surface area (Å²) < 4.78 is 5.57. The molecule has 0 aliphatic rings. The van der Waals surface area contributed by atoms with Gasteiger partial charge in [0.2, 0.25) is 0 Å². The minimum absolute atomic E-state index is 0.0541. The normalized spacial score (nSPS) is 11.5. The number of aliphatic hydroxyl groups excluding tert-OH is 1. The predicted molar refractivity (Wildman–Crippen MR) is 61.6 cm³/mol. The lowest BCUT2D eigenvalue weighted by molar-refractivity contribution is 0.328. The number of ether oxygens (including phenoxy) is 1. The number of aliphatic hydroxyl groups is 1. The Balaban J connectivity index is 3.15. The first-order chi connectivity index (χ1) is 6.99. The van der Waals surface area contributed by atoms with E-state index in [0.29, 0.717) is 6.61 Å². The molecule has 1 rings (SSSR count). The zero-order valence-electron chi connectivity index (χ0n) is 9.87. The highest BCUT2D eigenvalue weighted by Crippen LogP contribution is 2.32. The van der Waals surface area contributed by atoms with Gasteiger partial charge in [-0.05, 0) is 29.5 Å². The van der Waals surface area contributed by atoms with E-state index >= 15 is 0 Å². The molecule has 2 heteroatoms. The van der Waals surface area contributed by atoms with Gasteiger partial charge in [0.05, 0.1) is 6.61 Å². The molecule has 0 amide bonds. The van der Waals surface area contributed by atoms with Crippen molar-refractivity contribution in [1.29, 1.82) is 0 Å². The fraction of sp³-hybridized carbons (Fsp3) is 0.462. The molecule has 0 saturated carbocycles. The molecule has 0 spiro atoms. The summed E-state index contributed by atoms with van der Waals surface area (Å²) in [5.74, 6) is 0.854. The van der Waals surface area contributed by atoms with E-state index in [4.69, 9.17) is 9.84 Å². The molecule has 0 atom stereocenters. The van der Waals surface area contributed by atoms with Gasteiger partial charge in [-0.2, -0.15) is 0 Å². The summed E-state index contributed by atoms with van der Waals surface area (Å²) in [5, 5.41) is 8.94. The Hall–Kier alpha value is -1.02. The van der Waals surface area contributed by atoms with E-state index in [-0.39, 0.29) is 5.41 Å². The van der Waals surface area contributed by atoms with Crippen LogP contribution in [0.4, 0.5) is 0 Å². The third kappa shape index (κ3) is 2.96. The van der Waals surface area contributed by atoms with Crippen molar-refractivity contribution >= 4 is 0 Å². The molecule has 15 heavy (non-hydrogen) atoms. The Morgan fingerprint density at radius 1 is 1.33 bits per heavy atom. The molecule has 1 aromatic rings. The lowest BCUT2D eigenvalue weighted by Gasteiger charge is -2.23. The molecule has 0 fully saturated rings. The summed E-state index contributed by atoms with van der Waals surface area (Å²) in [6, 6.07) is 5.76. The first-order valence-corrected chi connectivity index (χ1v) is 5.23. The Morgan fingerprint density at radius 2 is 2.00 bits per heavy atom. The summed E-state index contributed by atoms with van der Waals surface area (Å²) in [6.45, 7) is 10.1. The second-order valence-corrected chi connectivity index (χ2v) is 4.57. The van der Waals surface area contributed by atoms with Gasteiger partial charge in [-0.3, -0.25) is 0 Å². The van der Waals surface area contributed by atoms with Crippen LogP contribution in [0.5, 0.6) is 5.75 Å². The van der Waals surface area contributed by atoms with E-state index in [9.17, 15) is 0 Å². The molecule has 1 N–H and O–H groups in total. The topological polar surface area (TPSA) is 29.5 Å². The van der Waals surface area contributed by atoms with Crippen molar-refractivity contribution in [3.63, 3.8) is 0 Å². The molecule has 0 aliphatic heterocycles. The van der Waals surface area contributed by atoms with Crippen molar-refractivity contribution in [2.45, 2.75) is 33.1 Å².